The molecule has 5 nitrogen and oxygen atoms in total. The fourth-order valence-electron chi connectivity index (χ4n) is 2.39. The minimum atomic E-state index is -0.243. The number of anilines is 2. The zero-order valence-corrected chi connectivity index (χ0v) is 15.6. The Morgan fingerprint density at radius 1 is 1.28 bits per heavy atom. The molecule has 4 rings (SSSR count). The van der Waals surface area contributed by atoms with Gasteiger partial charge >= 0.3 is 0 Å². The van der Waals surface area contributed by atoms with Gasteiger partial charge < -0.3 is 5.32 Å². The third kappa shape index (κ3) is 3.33. The van der Waals surface area contributed by atoms with Gasteiger partial charge in [0.2, 0.25) is 5.91 Å². The van der Waals surface area contributed by atoms with E-state index in [-0.39, 0.29) is 17.1 Å². The molecule has 0 fully saturated rings. The number of thioether (sulfide) groups is 1. The van der Waals surface area contributed by atoms with Crippen molar-refractivity contribution in [3.8, 4) is 10.6 Å². The van der Waals surface area contributed by atoms with Gasteiger partial charge in [-0.2, -0.15) is 0 Å². The maximum atomic E-state index is 12.5. The molecule has 2 amide bonds. The predicted molar refractivity (Wildman–Crippen MR) is 104 cm³/mol. The van der Waals surface area contributed by atoms with E-state index in [1.807, 2.05) is 35.9 Å². The molecular formula is C17H13N3O2S3. The molecule has 3 heterocycles. The second kappa shape index (κ2) is 6.62. The van der Waals surface area contributed by atoms with Crippen molar-refractivity contribution in [2.24, 2.45) is 0 Å². The van der Waals surface area contributed by atoms with Gasteiger partial charge in [0.1, 0.15) is 0 Å². The molecule has 1 aliphatic rings. The van der Waals surface area contributed by atoms with Gasteiger partial charge in [0.25, 0.3) is 5.91 Å². The van der Waals surface area contributed by atoms with Crippen LogP contribution in [-0.2, 0) is 4.79 Å². The highest BCUT2D eigenvalue weighted by atomic mass is 32.2. The van der Waals surface area contributed by atoms with Gasteiger partial charge in [0.05, 0.1) is 21.5 Å². The van der Waals surface area contributed by atoms with Gasteiger partial charge in [-0.1, -0.05) is 6.07 Å². The van der Waals surface area contributed by atoms with E-state index < -0.39 is 0 Å². The van der Waals surface area contributed by atoms with Crippen molar-refractivity contribution in [3.63, 3.8) is 0 Å². The van der Waals surface area contributed by atoms with Gasteiger partial charge in [-0.05, 0) is 36.6 Å². The lowest BCUT2D eigenvalue weighted by Gasteiger charge is -2.21. The molecule has 1 unspecified atom stereocenters. The van der Waals surface area contributed by atoms with Crippen LogP contribution in [0.4, 0.5) is 10.8 Å². The Bertz CT molecular complexity index is 950. The van der Waals surface area contributed by atoms with Crippen molar-refractivity contribution in [2.75, 3.05) is 10.6 Å². The van der Waals surface area contributed by atoms with Crippen LogP contribution in [0, 0.1) is 0 Å². The summed E-state index contributed by atoms with van der Waals surface area (Å²) in [6, 6.07) is 9.30. The second-order valence-electron chi connectivity index (χ2n) is 5.43. The van der Waals surface area contributed by atoms with Crippen LogP contribution in [0.3, 0.4) is 0 Å². The standard InChI is InChI=1S/C17H13N3O2S3/c1-9-15(21)18-11-7-10(4-5-14(11)25-9)16(22)20-17-19-12(8-24-17)13-3-2-6-23-13/h2-9H,1H3,(H,18,21)(H,19,20,22). The van der Waals surface area contributed by atoms with Gasteiger partial charge in [-0.15, -0.1) is 34.4 Å². The average molecular weight is 388 g/mol. The smallest absolute Gasteiger partial charge is 0.257 e. The Labute approximate surface area is 156 Å². The number of thiazole rings is 1. The average Bonchev–Trinajstić information content (AvgIpc) is 3.26. The van der Waals surface area contributed by atoms with E-state index in [0.29, 0.717) is 16.4 Å². The fraction of sp³-hybridized carbons (Fsp3) is 0.118. The molecule has 2 N–H and O–H groups in total. The fourth-order valence-corrected chi connectivity index (χ4v) is 4.78. The summed E-state index contributed by atoms with van der Waals surface area (Å²) in [5.74, 6) is -0.289. The van der Waals surface area contributed by atoms with Crippen molar-refractivity contribution in [1.29, 1.82) is 0 Å². The number of nitrogens with zero attached hydrogens (tertiary/aromatic N) is 1. The number of hydrogen-bond acceptors (Lipinski definition) is 6. The maximum Gasteiger partial charge on any atom is 0.257 e. The van der Waals surface area contributed by atoms with Crippen LogP contribution < -0.4 is 10.6 Å². The molecule has 3 aromatic rings. The van der Waals surface area contributed by atoms with Crippen LogP contribution >= 0.6 is 34.4 Å². The number of thiophene rings is 1. The number of carbonyl (C=O) groups is 2. The zero-order valence-electron chi connectivity index (χ0n) is 13.1. The molecule has 0 saturated heterocycles. The normalized spacial score (nSPS) is 16.2. The summed E-state index contributed by atoms with van der Waals surface area (Å²) in [5.41, 5.74) is 2.03. The Kier molecular flexibility index (Phi) is 4.32. The quantitative estimate of drug-likeness (QED) is 0.691. The van der Waals surface area contributed by atoms with E-state index in [0.717, 1.165) is 15.5 Å². The van der Waals surface area contributed by atoms with Crippen LogP contribution in [0.5, 0.6) is 0 Å². The van der Waals surface area contributed by atoms with Crippen molar-refractivity contribution < 1.29 is 9.59 Å². The summed E-state index contributed by atoms with van der Waals surface area (Å²) in [4.78, 5) is 30.8. The van der Waals surface area contributed by atoms with Crippen molar-refractivity contribution in [2.45, 2.75) is 17.1 Å². The summed E-state index contributed by atoms with van der Waals surface area (Å²) < 4.78 is 0. The zero-order chi connectivity index (χ0) is 17.4. The van der Waals surface area contributed by atoms with E-state index in [1.165, 1.54) is 23.1 Å². The van der Waals surface area contributed by atoms with Crippen LogP contribution in [-0.4, -0.2) is 22.0 Å². The lowest BCUT2D eigenvalue weighted by molar-refractivity contribution is -0.115. The first-order chi connectivity index (χ1) is 12.1. The molecule has 0 saturated carbocycles. The van der Waals surface area contributed by atoms with E-state index in [1.54, 1.807) is 23.5 Å². The third-order valence-electron chi connectivity index (χ3n) is 3.67. The highest BCUT2D eigenvalue weighted by Crippen LogP contribution is 2.36. The number of carbonyl (C=O) groups excluding carboxylic acids is 2. The van der Waals surface area contributed by atoms with E-state index in [4.69, 9.17) is 0 Å². The van der Waals surface area contributed by atoms with Crippen LogP contribution in [0.2, 0.25) is 0 Å². The molecule has 126 valence electrons. The number of amides is 2. The Morgan fingerprint density at radius 3 is 2.96 bits per heavy atom. The van der Waals surface area contributed by atoms with Gasteiger partial charge in [-0.25, -0.2) is 4.98 Å². The van der Waals surface area contributed by atoms with E-state index >= 15 is 0 Å². The monoisotopic (exact) mass is 387 g/mol. The minimum Gasteiger partial charge on any atom is -0.324 e. The molecule has 0 spiro atoms. The lowest BCUT2D eigenvalue weighted by Crippen LogP contribution is -2.26. The molecule has 0 radical (unpaired) electrons. The summed E-state index contributed by atoms with van der Waals surface area (Å²) in [6.45, 7) is 1.86. The number of rotatable bonds is 3. The maximum absolute atomic E-state index is 12.5. The highest BCUT2D eigenvalue weighted by Gasteiger charge is 2.24. The number of aromatic nitrogens is 1. The number of fused-ring (bicyclic) bond motifs is 1. The molecule has 1 aromatic carbocycles. The first-order valence-electron chi connectivity index (χ1n) is 7.52. The molecule has 8 heteroatoms. The van der Waals surface area contributed by atoms with Gasteiger partial charge in [0, 0.05) is 15.8 Å². The van der Waals surface area contributed by atoms with Gasteiger partial charge in [0.15, 0.2) is 5.13 Å². The molecular weight excluding hydrogens is 374 g/mol. The Balaban J connectivity index is 1.52. The van der Waals surface area contributed by atoms with Crippen molar-refractivity contribution in [3.05, 3.63) is 46.7 Å². The number of hydrogen-bond donors (Lipinski definition) is 2. The summed E-state index contributed by atoms with van der Waals surface area (Å²) in [6.07, 6.45) is 0. The minimum absolute atomic E-state index is 0.0458. The predicted octanol–water partition coefficient (Wildman–Crippen LogP) is 4.56. The van der Waals surface area contributed by atoms with Crippen LogP contribution in [0.1, 0.15) is 17.3 Å². The van der Waals surface area contributed by atoms with E-state index in [9.17, 15) is 9.59 Å². The Hall–Kier alpha value is -2.16. The molecule has 2 aromatic heterocycles. The van der Waals surface area contributed by atoms with Crippen LogP contribution in [0.25, 0.3) is 10.6 Å². The van der Waals surface area contributed by atoms with Crippen LogP contribution in [0.15, 0.2) is 46.0 Å². The molecule has 1 atom stereocenters. The molecule has 0 bridgehead atoms. The summed E-state index contributed by atoms with van der Waals surface area (Å²) in [7, 11) is 0. The van der Waals surface area contributed by atoms with Crippen molar-refractivity contribution in [1.82, 2.24) is 4.98 Å². The van der Waals surface area contributed by atoms with Crippen molar-refractivity contribution >= 4 is 57.1 Å². The second-order valence-corrected chi connectivity index (χ2v) is 8.62. The first-order valence-corrected chi connectivity index (χ1v) is 10.2. The SMILES string of the molecule is CC1Sc2ccc(C(=O)Nc3nc(-c4cccs4)cs3)cc2NC1=O. The molecule has 1 aliphatic heterocycles. The topological polar surface area (TPSA) is 71.1 Å². The molecule has 0 aliphatic carbocycles. The number of benzene rings is 1. The van der Waals surface area contributed by atoms with Gasteiger partial charge in [-0.3, -0.25) is 14.9 Å². The first kappa shape index (κ1) is 16.3. The largest absolute Gasteiger partial charge is 0.324 e. The summed E-state index contributed by atoms with van der Waals surface area (Å²) >= 11 is 4.49. The Morgan fingerprint density at radius 2 is 2.16 bits per heavy atom. The number of nitrogens with one attached hydrogen (secondary N) is 2. The summed E-state index contributed by atoms with van der Waals surface area (Å²) in [5, 5.41) is 10.0. The third-order valence-corrected chi connectivity index (χ3v) is 6.50. The van der Waals surface area contributed by atoms with E-state index in [2.05, 4.69) is 15.6 Å². The lowest BCUT2D eigenvalue weighted by atomic mass is 10.2. The highest BCUT2D eigenvalue weighted by molar-refractivity contribution is 8.00. The molecule has 25 heavy (non-hydrogen) atoms.